The first-order valence-corrected chi connectivity index (χ1v) is 6.95. The standard InChI is InChI=1S/C14H16N4O3/c1-9-4-5-11(18(19)20)8-12(9)14-16-13(21-17-14)7-10-3-2-6-15-10/h4-5,8,10,15H,2-3,6-7H2,1H3. The fourth-order valence-corrected chi connectivity index (χ4v) is 2.55. The number of non-ortho nitro benzene ring substituents is 1. The zero-order chi connectivity index (χ0) is 14.8. The molecule has 110 valence electrons. The lowest BCUT2D eigenvalue weighted by Crippen LogP contribution is -2.23. The van der Waals surface area contributed by atoms with Gasteiger partial charge in [0.1, 0.15) is 0 Å². The van der Waals surface area contributed by atoms with E-state index in [9.17, 15) is 10.1 Å². The SMILES string of the molecule is Cc1ccc([N+](=O)[O-])cc1-c1noc(CC2CCCN2)n1. The number of hydrogen-bond donors (Lipinski definition) is 1. The summed E-state index contributed by atoms with van der Waals surface area (Å²) in [7, 11) is 0. The lowest BCUT2D eigenvalue weighted by molar-refractivity contribution is -0.384. The van der Waals surface area contributed by atoms with E-state index < -0.39 is 4.92 Å². The van der Waals surface area contributed by atoms with Gasteiger partial charge in [-0.2, -0.15) is 4.98 Å². The van der Waals surface area contributed by atoms with Gasteiger partial charge in [-0.25, -0.2) is 0 Å². The molecule has 1 aromatic carbocycles. The van der Waals surface area contributed by atoms with Crippen LogP contribution in [0.4, 0.5) is 5.69 Å². The van der Waals surface area contributed by atoms with Crippen LogP contribution in [0.2, 0.25) is 0 Å². The van der Waals surface area contributed by atoms with Gasteiger partial charge in [0.15, 0.2) is 0 Å². The lowest BCUT2D eigenvalue weighted by atomic mass is 10.1. The summed E-state index contributed by atoms with van der Waals surface area (Å²) < 4.78 is 5.27. The Hall–Kier alpha value is -2.28. The van der Waals surface area contributed by atoms with Gasteiger partial charge in [-0.15, -0.1) is 0 Å². The summed E-state index contributed by atoms with van der Waals surface area (Å²) in [5, 5.41) is 18.2. The van der Waals surface area contributed by atoms with Crippen LogP contribution in [-0.2, 0) is 6.42 Å². The second-order valence-electron chi connectivity index (χ2n) is 5.27. The topological polar surface area (TPSA) is 94.1 Å². The van der Waals surface area contributed by atoms with Crippen LogP contribution in [0.3, 0.4) is 0 Å². The van der Waals surface area contributed by atoms with Crippen LogP contribution in [0.1, 0.15) is 24.3 Å². The summed E-state index contributed by atoms with van der Waals surface area (Å²) >= 11 is 0. The van der Waals surface area contributed by atoms with Crippen molar-refractivity contribution >= 4 is 5.69 Å². The summed E-state index contributed by atoms with van der Waals surface area (Å²) in [6.45, 7) is 2.89. The molecule has 1 N–H and O–H groups in total. The first-order chi connectivity index (χ1) is 10.1. The average Bonchev–Trinajstić information content (AvgIpc) is 3.11. The Morgan fingerprint density at radius 3 is 3.10 bits per heavy atom. The molecular formula is C14H16N4O3. The largest absolute Gasteiger partial charge is 0.339 e. The number of aryl methyl sites for hydroxylation is 1. The van der Waals surface area contributed by atoms with Crippen molar-refractivity contribution in [2.75, 3.05) is 6.54 Å². The number of aromatic nitrogens is 2. The molecule has 1 aliphatic heterocycles. The minimum absolute atomic E-state index is 0.0272. The maximum atomic E-state index is 10.9. The van der Waals surface area contributed by atoms with E-state index in [1.165, 1.54) is 12.1 Å². The van der Waals surface area contributed by atoms with Gasteiger partial charge in [0.05, 0.1) is 4.92 Å². The highest BCUT2D eigenvalue weighted by molar-refractivity contribution is 5.63. The van der Waals surface area contributed by atoms with E-state index in [0.717, 1.165) is 24.9 Å². The van der Waals surface area contributed by atoms with Crippen LogP contribution in [0.15, 0.2) is 22.7 Å². The third-order valence-corrected chi connectivity index (χ3v) is 3.72. The van der Waals surface area contributed by atoms with Gasteiger partial charge in [0.2, 0.25) is 11.7 Å². The number of nitrogens with zero attached hydrogens (tertiary/aromatic N) is 3. The Bertz CT molecular complexity index is 662. The summed E-state index contributed by atoms with van der Waals surface area (Å²) in [6, 6.07) is 5.03. The first kappa shape index (κ1) is 13.7. The highest BCUT2D eigenvalue weighted by atomic mass is 16.6. The Balaban J connectivity index is 1.85. The number of rotatable bonds is 4. The smallest absolute Gasteiger partial charge is 0.270 e. The molecular weight excluding hydrogens is 272 g/mol. The van der Waals surface area contributed by atoms with Crippen molar-refractivity contribution < 1.29 is 9.45 Å². The van der Waals surface area contributed by atoms with Crippen LogP contribution in [0.5, 0.6) is 0 Å². The molecule has 7 nitrogen and oxygen atoms in total. The molecule has 1 aliphatic rings. The molecule has 0 spiro atoms. The maximum Gasteiger partial charge on any atom is 0.270 e. The summed E-state index contributed by atoms with van der Waals surface area (Å²) in [5.74, 6) is 0.972. The van der Waals surface area contributed by atoms with Gasteiger partial charge in [0, 0.05) is 30.2 Å². The summed E-state index contributed by atoms with van der Waals surface area (Å²) in [4.78, 5) is 14.8. The van der Waals surface area contributed by atoms with Gasteiger partial charge in [0.25, 0.3) is 5.69 Å². The quantitative estimate of drug-likeness (QED) is 0.685. The van der Waals surface area contributed by atoms with Gasteiger partial charge in [-0.05, 0) is 31.9 Å². The van der Waals surface area contributed by atoms with Crippen molar-refractivity contribution in [1.29, 1.82) is 0 Å². The average molecular weight is 288 g/mol. The highest BCUT2D eigenvalue weighted by Crippen LogP contribution is 2.25. The zero-order valence-electron chi connectivity index (χ0n) is 11.7. The second kappa shape index (κ2) is 5.61. The number of nitrogens with one attached hydrogen (secondary N) is 1. The van der Waals surface area contributed by atoms with E-state index in [4.69, 9.17) is 4.52 Å². The second-order valence-corrected chi connectivity index (χ2v) is 5.27. The minimum Gasteiger partial charge on any atom is -0.339 e. The molecule has 0 bridgehead atoms. The molecule has 1 atom stereocenters. The monoisotopic (exact) mass is 288 g/mol. The Labute approximate surface area is 121 Å². The van der Waals surface area contributed by atoms with E-state index in [1.807, 2.05) is 6.92 Å². The number of nitro groups is 1. The van der Waals surface area contributed by atoms with Crippen LogP contribution in [0, 0.1) is 17.0 Å². The molecule has 1 fully saturated rings. The van der Waals surface area contributed by atoms with Crippen LogP contribution in [0.25, 0.3) is 11.4 Å². The number of nitro benzene ring substituents is 1. The molecule has 3 rings (SSSR count). The normalized spacial score (nSPS) is 18.0. The highest BCUT2D eigenvalue weighted by Gasteiger charge is 2.20. The lowest BCUT2D eigenvalue weighted by Gasteiger charge is -2.04. The fraction of sp³-hybridized carbons (Fsp3) is 0.429. The Morgan fingerprint density at radius 2 is 2.38 bits per heavy atom. The Morgan fingerprint density at radius 1 is 1.52 bits per heavy atom. The van der Waals surface area contributed by atoms with E-state index >= 15 is 0 Å². The van der Waals surface area contributed by atoms with Crippen molar-refractivity contribution in [2.24, 2.45) is 0 Å². The third kappa shape index (κ3) is 2.92. The van der Waals surface area contributed by atoms with E-state index in [1.54, 1.807) is 6.07 Å². The van der Waals surface area contributed by atoms with Crippen molar-refractivity contribution in [3.05, 3.63) is 39.8 Å². The molecule has 0 saturated carbocycles. The van der Waals surface area contributed by atoms with Gasteiger partial charge in [-0.3, -0.25) is 10.1 Å². The predicted molar refractivity (Wildman–Crippen MR) is 75.9 cm³/mol. The minimum atomic E-state index is -0.424. The van der Waals surface area contributed by atoms with Crippen molar-refractivity contribution in [3.8, 4) is 11.4 Å². The van der Waals surface area contributed by atoms with E-state index in [0.29, 0.717) is 29.7 Å². The van der Waals surface area contributed by atoms with Crippen molar-refractivity contribution in [2.45, 2.75) is 32.2 Å². The summed E-state index contributed by atoms with van der Waals surface area (Å²) in [6.07, 6.45) is 2.96. The molecule has 0 radical (unpaired) electrons. The Kier molecular flexibility index (Phi) is 3.66. The molecule has 2 aromatic rings. The van der Waals surface area contributed by atoms with E-state index in [2.05, 4.69) is 15.5 Å². The fourth-order valence-electron chi connectivity index (χ4n) is 2.55. The molecule has 1 unspecified atom stereocenters. The molecule has 1 aromatic heterocycles. The maximum absolute atomic E-state index is 10.9. The number of hydrogen-bond acceptors (Lipinski definition) is 6. The van der Waals surface area contributed by atoms with Crippen LogP contribution in [-0.4, -0.2) is 27.7 Å². The first-order valence-electron chi connectivity index (χ1n) is 6.95. The third-order valence-electron chi connectivity index (χ3n) is 3.72. The van der Waals surface area contributed by atoms with Crippen LogP contribution >= 0.6 is 0 Å². The predicted octanol–water partition coefficient (Wildman–Crippen LogP) is 2.25. The van der Waals surface area contributed by atoms with Crippen LogP contribution < -0.4 is 5.32 Å². The van der Waals surface area contributed by atoms with Crippen molar-refractivity contribution in [3.63, 3.8) is 0 Å². The summed E-state index contributed by atoms with van der Waals surface area (Å²) in [5.41, 5.74) is 1.55. The number of benzene rings is 1. The molecule has 0 amide bonds. The molecule has 0 aliphatic carbocycles. The molecule has 7 heteroatoms. The molecule has 21 heavy (non-hydrogen) atoms. The molecule has 1 saturated heterocycles. The van der Waals surface area contributed by atoms with Gasteiger partial charge < -0.3 is 9.84 Å². The zero-order valence-corrected chi connectivity index (χ0v) is 11.7. The van der Waals surface area contributed by atoms with Gasteiger partial charge in [-0.1, -0.05) is 11.2 Å². The molecule has 2 heterocycles. The van der Waals surface area contributed by atoms with Gasteiger partial charge >= 0.3 is 0 Å². The van der Waals surface area contributed by atoms with Crippen molar-refractivity contribution in [1.82, 2.24) is 15.5 Å². The van der Waals surface area contributed by atoms with E-state index in [-0.39, 0.29) is 5.69 Å².